The van der Waals surface area contributed by atoms with Crippen molar-refractivity contribution in [3.8, 4) is 0 Å². The van der Waals surface area contributed by atoms with Crippen molar-refractivity contribution < 1.29 is 0 Å². The lowest BCUT2D eigenvalue weighted by molar-refractivity contribution is 0.669. The first-order valence-electron chi connectivity index (χ1n) is 7.37. The molecule has 0 amide bonds. The molecule has 0 unspecified atom stereocenters. The molecule has 1 N–H and O–H groups in total. The highest BCUT2D eigenvalue weighted by Gasteiger charge is 2.07. The molecule has 112 valence electrons. The number of hydrogen-bond donors (Lipinski definition) is 1. The Labute approximate surface area is 137 Å². The van der Waals surface area contributed by atoms with Crippen molar-refractivity contribution in [1.29, 1.82) is 0 Å². The Kier molecular flexibility index (Phi) is 6.62. The maximum Gasteiger partial charge on any atom is 0.0462 e. The molecular formula is C18H22ClNS. The third kappa shape index (κ3) is 5.06. The molecule has 0 fully saturated rings. The lowest BCUT2D eigenvalue weighted by Gasteiger charge is -2.12. The summed E-state index contributed by atoms with van der Waals surface area (Å²) in [5, 5.41) is 4.30. The zero-order valence-corrected chi connectivity index (χ0v) is 14.2. The molecule has 0 heterocycles. The average Bonchev–Trinajstić information content (AvgIpc) is 2.47. The Morgan fingerprint density at radius 2 is 1.95 bits per heavy atom. The van der Waals surface area contributed by atoms with Crippen LogP contribution in [-0.4, -0.2) is 6.54 Å². The molecule has 1 nitrogen and oxygen atoms in total. The van der Waals surface area contributed by atoms with Crippen LogP contribution in [0, 0.1) is 6.92 Å². The summed E-state index contributed by atoms with van der Waals surface area (Å²) in [6, 6.07) is 14.8. The molecular weight excluding hydrogens is 298 g/mol. The van der Waals surface area contributed by atoms with Gasteiger partial charge in [0.05, 0.1) is 0 Å². The molecule has 2 aromatic rings. The van der Waals surface area contributed by atoms with E-state index in [9.17, 15) is 0 Å². The SMILES string of the molecule is CCCNCc1c(Cl)cccc1SCc1cccc(C)c1. The van der Waals surface area contributed by atoms with Gasteiger partial charge in [-0.15, -0.1) is 11.8 Å². The quantitative estimate of drug-likeness (QED) is 0.538. The van der Waals surface area contributed by atoms with E-state index in [2.05, 4.69) is 49.5 Å². The predicted molar refractivity (Wildman–Crippen MR) is 94.2 cm³/mol. The molecule has 0 atom stereocenters. The molecule has 21 heavy (non-hydrogen) atoms. The topological polar surface area (TPSA) is 12.0 Å². The van der Waals surface area contributed by atoms with Gasteiger partial charge in [0.25, 0.3) is 0 Å². The Morgan fingerprint density at radius 3 is 2.71 bits per heavy atom. The van der Waals surface area contributed by atoms with Crippen LogP contribution in [0.3, 0.4) is 0 Å². The third-order valence-corrected chi connectivity index (χ3v) is 4.81. The largest absolute Gasteiger partial charge is 0.313 e. The molecule has 0 aliphatic carbocycles. The van der Waals surface area contributed by atoms with Gasteiger partial charge in [-0.1, -0.05) is 54.4 Å². The van der Waals surface area contributed by atoms with Gasteiger partial charge in [0, 0.05) is 22.2 Å². The lowest BCUT2D eigenvalue weighted by atomic mass is 10.2. The first kappa shape index (κ1) is 16.4. The summed E-state index contributed by atoms with van der Waals surface area (Å²) in [5.74, 6) is 0.975. The number of thioether (sulfide) groups is 1. The molecule has 0 saturated carbocycles. The maximum absolute atomic E-state index is 6.36. The number of benzene rings is 2. The van der Waals surface area contributed by atoms with Crippen LogP contribution in [-0.2, 0) is 12.3 Å². The van der Waals surface area contributed by atoms with Gasteiger partial charge in [0.15, 0.2) is 0 Å². The van der Waals surface area contributed by atoms with E-state index in [4.69, 9.17) is 11.6 Å². The fraction of sp³-hybridized carbons (Fsp3) is 0.333. The highest BCUT2D eigenvalue weighted by Crippen LogP contribution is 2.30. The summed E-state index contributed by atoms with van der Waals surface area (Å²) in [5.41, 5.74) is 3.88. The second kappa shape index (κ2) is 8.47. The highest BCUT2D eigenvalue weighted by atomic mass is 35.5. The van der Waals surface area contributed by atoms with Gasteiger partial charge in [-0.3, -0.25) is 0 Å². The fourth-order valence-electron chi connectivity index (χ4n) is 2.20. The summed E-state index contributed by atoms with van der Waals surface area (Å²) in [4.78, 5) is 1.27. The number of hydrogen-bond acceptors (Lipinski definition) is 2. The Balaban J connectivity index is 2.06. The zero-order chi connectivity index (χ0) is 15.1. The molecule has 0 radical (unpaired) electrons. The van der Waals surface area contributed by atoms with E-state index in [1.54, 1.807) is 0 Å². The number of aryl methyl sites for hydroxylation is 1. The second-order valence-electron chi connectivity index (χ2n) is 5.17. The molecule has 0 aliphatic rings. The molecule has 3 heteroatoms. The molecule has 0 aliphatic heterocycles. The second-order valence-corrected chi connectivity index (χ2v) is 6.60. The minimum Gasteiger partial charge on any atom is -0.313 e. The average molecular weight is 320 g/mol. The van der Waals surface area contributed by atoms with Crippen molar-refractivity contribution in [3.05, 3.63) is 64.2 Å². The van der Waals surface area contributed by atoms with Gasteiger partial charge >= 0.3 is 0 Å². The monoisotopic (exact) mass is 319 g/mol. The van der Waals surface area contributed by atoms with E-state index in [0.717, 1.165) is 30.3 Å². The number of halogens is 1. The molecule has 0 aromatic heterocycles. The van der Waals surface area contributed by atoms with Crippen LogP contribution >= 0.6 is 23.4 Å². The van der Waals surface area contributed by atoms with Gasteiger partial charge in [-0.2, -0.15) is 0 Å². The summed E-state index contributed by atoms with van der Waals surface area (Å²) < 4.78 is 0. The summed E-state index contributed by atoms with van der Waals surface area (Å²) in [6.45, 7) is 6.16. The summed E-state index contributed by atoms with van der Waals surface area (Å²) in [6.07, 6.45) is 1.14. The van der Waals surface area contributed by atoms with Crippen molar-refractivity contribution in [3.63, 3.8) is 0 Å². The summed E-state index contributed by atoms with van der Waals surface area (Å²) in [7, 11) is 0. The van der Waals surface area contributed by atoms with Gasteiger partial charge in [0.1, 0.15) is 0 Å². The number of rotatable bonds is 7. The van der Waals surface area contributed by atoms with Crippen molar-refractivity contribution in [2.24, 2.45) is 0 Å². The van der Waals surface area contributed by atoms with Crippen LogP contribution in [0.4, 0.5) is 0 Å². The molecule has 0 saturated heterocycles. The van der Waals surface area contributed by atoms with Gasteiger partial charge in [-0.05, 0) is 43.1 Å². The van der Waals surface area contributed by atoms with Crippen LogP contribution in [0.2, 0.25) is 5.02 Å². The van der Waals surface area contributed by atoms with Gasteiger partial charge < -0.3 is 5.32 Å². The van der Waals surface area contributed by atoms with Crippen molar-refractivity contribution in [2.45, 2.75) is 37.5 Å². The molecule has 0 bridgehead atoms. The Morgan fingerprint density at radius 1 is 1.14 bits per heavy atom. The van der Waals surface area contributed by atoms with Gasteiger partial charge in [0.2, 0.25) is 0 Å². The van der Waals surface area contributed by atoms with Crippen molar-refractivity contribution in [1.82, 2.24) is 5.32 Å². The van der Waals surface area contributed by atoms with Crippen molar-refractivity contribution >= 4 is 23.4 Å². The lowest BCUT2D eigenvalue weighted by Crippen LogP contribution is -2.14. The van der Waals surface area contributed by atoms with Crippen LogP contribution in [0.15, 0.2) is 47.4 Å². The van der Waals surface area contributed by atoms with Crippen molar-refractivity contribution in [2.75, 3.05) is 6.54 Å². The normalized spacial score (nSPS) is 10.8. The summed E-state index contributed by atoms with van der Waals surface area (Å²) >= 11 is 8.22. The molecule has 2 aromatic carbocycles. The standard InChI is InChI=1S/C18H22ClNS/c1-3-10-20-12-16-17(19)8-5-9-18(16)21-13-15-7-4-6-14(2)11-15/h4-9,11,20H,3,10,12-13H2,1-2H3. The molecule has 0 spiro atoms. The minimum absolute atomic E-state index is 0.837. The predicted octanol–water partition coefficient (Wildman–Crippen LogP) is 5.44. The van der Waals surface area contributed by atoms with E-state index < -0.39 is 0 Å². The molecule has 2 rings (SSSR count). The number of nitrogens with one attached hydrogen (secondary N) is 1. The fourth-order valence-corrected chi connectivity index (χ4v) is 3.53. The van der Waals surface area contributed by atoms with Crippen LogP contribution < -0.4 is 5.32 Å². The van der Waals surface area contributed by atoms with E-state index in [-0.39, 0.29) is 0 Å². The van der Waals surface area contributed by atoms with E-state index in [1.165, 1.54) is 21.6 Å². The zero-order valence-electron chi connectivity index (χ0n) is 12.7. The van der Waals surface area contributed by atoms with E-state index in [1.807, 2.05) is 23.9 Å². The van der Waals surface area contributed by atoms with Crippen LogP contribution in [0.25, 0.3) is 0 Å². The first-order valence-corrected chi connectivity index (χ1v) is 8.73. The Hall–Kier alpha value is -0.960. The maximum atomic E-state index is 6.36. The highest BCUT2D eigenvalue weighted by molar-refractivity contribution is 7.98. The first-order chi connectivity index (χ1) is 10.2. The van der Waals surface area contributed by atoms with E-state index >= 15 is 0 Å². The smallest absolute Gasteiger partial charge is 0.0462 e. The van der Waals surface area contributed by atoms with E-state index in [0.29, 0.717) is 0 Å². The van der Waals surface area contributed by atoms with Crippen LogP contribution in [0.1, 0.15) is 30.0 Å². The third-order valence-electron chi connectivity index (χ3n) is 3.28. The van der Waals surface area contributed by atoms with Crippen LogP contribution in [0.5, 0.6) is 0 Å². The minimum atomic E-state index is 0.837. The van der Waals surface area contributed by atoms with Gasteiger partial charge in [-0.25, -0.2) is 0 Å². The Bertz CT molecular complexity index is 583.